The number of nitrogens with zero attached hydrogens (tertiary/aromatic N) is 1. The number of halogens is 2. The summed E-state index contributed by atoms with van der Waals surface area (Å²) < 4.78 is 4.82. The highest BCUT2D eigenvalue weighted by Crippen LogP contribution is 2.23. The third kappa shape index (κ3) is 3.62. The van der Waals surface area contributed by atoms with Crippen LogP contribution in [0.25, 0.3) is 0 Å². The molecule has 1 aromatic rings. The number of rotatable bonds is 4. The molecule has 0 saturated carbocycles. The SMILES string of the molecule is CCOC(=O)Cc1cc(C#N)c(CCl)cc1Cl. The Balaban J connectivity index is 3.01. The molecule has 0 aliphatic carbocycles. The summed E-state index contributed by atoms with van der Waals surface area (Å²) in [4.78, 5) is 11.3. The number of hydrogen-bond acceptors (Lipinski definition) is 3. The van der Waals surface area contributed by atoms with Crippen LogP contribution < -0.4 is 0 Å². The molecule has 0 bridgehead atoms. The van der Waals surface area contributed by atoms with Crippen LogP contribution in [0.15, 0.2) is 12.1 Å². The highest BCUT2D eigenvalue weighted by molar-refractivity contribution is 6.31. The topological polar surface area (TPSA) is 50.1 Å². The molecule has 5 heteroatoms. The quantitative estimate of drug-likeness (QED) is 0.625. The van der Waals surface area contributed by atoms with Gasteiger partial charge in [0.1, 0.15) is 0 Å². The molecule has 3 nitrogen and oxygen atoms in total. The average molecular weight is 272 g/mol. The molecule has 1 rings (SSSR count). The first-order chi connectivity index (χ1) is 8.12. The average Bonchev–Trinajstić information content (AvgIpc) is 2.31. The molecule has 17 heavy (non-hydrogen) atoms. The van der Waals surface area contributed by atoms with Gasteiger partial charge in [-0.3, -0.25) is 4.79 Å². The van der Waals surface area contributed by atoms with E-state index in [-0.39, 0.29) is 18.3 Å². The minimum absolute atomic E-state index is 0.0594. The maximum absolute atomic E-state index is 11.3. The highest BCUT2D eigenvalue weighted by Gasteiger charge is 2.12. The molecular weight excluding hydrogens is 261 g/mol. The Labute approximate surface area is 110 Å². The van der Waals surface area contributed by atoms with E-state index in [4.69, 9.17) is 33.2 Å². The predicted molar refractivity (Wildman–Crippen MR) is 66.1 cm³/mol. The lowest BCUT2D eigenvalue weighted by molar-refractivity contribution is -0.142. The molecule has 0 unspecified atom stereocenters. The van der Waals surface area contributed by atoms with E-state index >= 15 is 0 Å². The first kappa shape index (κ1) is 13.8. The Kier molecular flexibility index (Phi) is 5.27. The van der Waals surface area contributed by atoms with Gasteiger partial charge < -0.3 is 4.74 Å². The van der Waals surface area contributed by atoms with E-state index < -0.39 is 0 Å². The number of carbonyl (C=O) groups excluding carboxylic acids is 1. The number of nitriles is 1. The molecule has 1 aromatic carbocycles. The number of benzene rings is 1. The highest BCUT2D eigenvalue weighted by atomic mass is 35.5. The molecule has 0 radical (unpaired) electrons. The lowest BCUT2D eigenvalue weighted by atomic mass is 10.0. The van der Waals surface area contributed by atoms with Crippen molar-refractivity contribution >= 4 is 29.2 Å². The molecule has 0 saturated heterocycles. The number of carbonyl (C=O) groups is 1. The lowest BCUT2D eigenvalue weighted by Crippen LogP contribution is -2.08. The number of esters is 1. The predicted octanol–water partition coefficient (Wildman–Crippen LogP) is 3.06. The molecule has 0 aromatic heterocycles. The summed E-state index contributed by atoms with van der Waals surface area (Å²) in [6, 6.07) is 5.22. The van der Waals surface area contributed by atoms with Gasteiger partial charge in [-0.1, -0.05) is 11.6 Å². The van der Waals surface area contributed by atoms with Crippen molar-refractivity contribution in [1.82, 2.24) is 0 Å². The summed E-state index contributed by atoms with van der Waals surface area (Å²) in [6.45, 7) is 2.05. The molecule has 0 fully saturated rings. The van der Waals surface area contributed by atoms with Crippen LogP contribution in [0.2, 0.25) is 5.02 Å². The zero-order valence-electron chi connectivity index (χ0n) is 9.30. The van der Waals surface area contributed by atoms with Crippen LogP contribution in [0.5, 0.6) is 0 Å². The maximum Gasteiger partial charge on any atom is 0.310 e. The van der Waals surface area contributed by atoms with Crippen molar-refractivity contribution in [2.45, 2.75) is 19.2 Å². The van der Waals surface area contributed by atoms with Gasteiger partial charge in [0.25, 0.3) is 0 Å². The van der Waals surface area contributed by atoms with Crippen LogP contribution in [0.3, 0.4) is 0 Å². The van der Waals surface area contributed by atoms with Gasteiger partial charge in [0, 0.05) is 10.9 Å². The van der Waals surface area contributed by atoms with Crippen LogP contribution in [-0.2, 0) is 21.8 Å². The first-order valence-corrected chi connectivity index (χ1v) is 5.96. The third-order valence-corrected chi connectivity index (χ3v) is 2.82. The summed E-state index contributed by atoms with van der Waals surface area (Å²) >= 11 is 11.7. The fourth-order valence-corrected chi connectivity index (χ4v) is 1.85. The minimum Gasteiger partial charge on any atom is -0.466 e. The summed E-state index contributed by atoms with van der Waals surface area (Å²) in [5.41, 5.74) is 1.67. The van der Waals surface area contributed by atoms with Crippen molar-refractivity contribution in [2.75, 3.05) is 6.61 Å². The molecule has 0 atom stereocenters. The summed E-state index contributed by atoms with van der Waals surface area (Å²) in [5.74, 6) is -0.153. The van der Waals surface area contributed by atoms with Gasteiger partial charge in [-0.25, -0.2) is 0 Å². The third-order valence-electron chi connectivity index (χ3n) is 2.18. The number of hydrogen-bond donors (Lipinski definition) is 0. The Morgan fingerprint density at radius 3 is 2.71 bits per heavy atom. The largest absolute Gasteiger partial charge is 0.466 e. The van der Waals surface area contributed by atoms with Gasteiger partial charge in [-0.05, 0) is 30.2 Å². The van der Waals surface area contributed by atoms with Crippen molar-refractivity contribution < 1.29 is 9.53 Å². The van der Waals surface area contributed by atoms with Crippen LogP contribution in [-0.4, -0.2) is 12.6 Å². The molecule has 0 heterocycles. The van der Waals surface area contributed by atoms with Crippen LogP contribution >= 0.6 is 23.2 Å². The van der Waals surface area contributed by atoms with Crippen LogP contribution in [0, 0.1) is 11.3 Å². The molecule has 0 spiro atoms. The molecular formula is C12H11Cl2NO2. The second-order valence-corrected chi connectivity index (χ2v) is 4.00. The van der Waals surface area contributed by atoms with E-state index in [2.05, 4.69) is 0 Å². The fourth-order valence-electron chi connectivity index (χ4n) is 1.38. The van der Waals surface area contributed by atoms with E-state index in [1.807, 2.05) is 6.07 Å². The zero-order valence-corrected chi connectivity index (χ0v) is 10.8. The van der Waals surface area contributed by atoms with Gasteiger partial charge in [0.2, 0.25) is 0 Å². The molecule has 0 amide bonds. The van der Waals surface area contributed by atoms with E-state index in [9.17, 15) is 4.79 Å². The summed E-state index contributed by atoms with van der Waals surface area (Å²) in [7, 11) is 0. The molecule has 90 valence electrons. The normalized spacial score (nSPS) is 9.76. The van der Waals surface area contributed by atoms with Crippen LogP contribution in [0.4, 0.5) is 0 Å². The summed E-state index contributed by atoms with van der Waals surface area (Å²) in [6.07, 6.45) is 0.0594. The van der Waals surface area contributed by atoms with Gasteiger partial charge in [0.15, 0.2) is 0 Å². The van der Waals surface area contributed by atoms with E-state index in [0.29, 0.717) is 28.3 Å². The summed E-state index contributed by atoms with van der Waals surface area (Å²) in [5, 5.41) is 9.36. The van der Waals surface area contributed by atoms with Crippen molar-refractivity contribution in [3.8, 4) is 6.07 Å². The lowest BCUT2D eigenvalue weighted by Gasteiger charge is -2.07. The second kappa shape index (κ2) is 6.48. The maximum atomic E-state index is 11.3. The van der Waals surface area contributed by atoms with E-state index in [0.717, 1.165) is 0 Å². The van der Waals surface area contributed by atoms with Crippen molar-refractivity contribution in [3.63, 3.8) is 0 Å². The Hall–Kier alpha value is -1.24. The fraction of sp³-hybridized carbons (Fsp3) is 0.333. The second-order valence-electron chi connectivity index (χ2n) is 3.33. The minimum atomic E-state index is -0.364. The zero-order chi connectivity index (χ0) is 12.8. The Bertz CT molecular complexity index is 466. The van der Waals surface area contributed by atoms with Crippen LogP contribution in [0.1, 0.15) is 23.6 Å². The van der Waals surface area contributed by atoms with Crippen molar-refractivity contribution in [1.29, 1.82) is 5.26 Å². The molecule has 0 N–H and O–H groups in total. The molecule has 0 aliphatic rings. The monoisotopic (exact) mass is 271 g/mol. The number of ether oxygens (including phenoxy) is 1. The van der Waals surface area contributed by atoms with Gasteiger partial charge in [-0.2, -0.15) is 5.26 Å². The Morgan fingerprint density at radius 2 is 2.18 bits per heavy atom. The first-order valence-electron chi connectivity index (χ1n) is 5.05. The standard InChI is InChI=1S/C12H11Cl2NO2/c1-2-17-12(16)5-8-3-10(7-15)9(6-13)4-11(8)14/h3-4H,2,5-6H2,1H3. The van der Waals surface area contributed by atoms with Gasteiger partial charge in [-0.15, -0.1) is 11.6 Å². The van der Waals surface area contributed by atoms with E-state index in [1.165, 1.54) is 0 Å². The van der Waals surface area contributed by atoms with Crippen molar-refractivity contribution in [3.05, 3.63) is 33.8 Å². The van der Waals surface area contributed by atoms with Gasteiger partial charge in [0.05, 0.1) is 24.7 Å². The smallest absolute Gasteiger partial charge is 0.310 e. The number of alkyl halides is 1. The van der Waals surface area contributed by atoms with Gasteiger partial charge >= 0.3 is 5.97 Å². The molecule has 0 aliphatic heterocycles. The van der Waals surface area contributed by atoms with Crippen molar-refractivity contribution in [2.24, 2.45) is 0 Å². The van der Waals surface area contributed by atoms with E-state index in [1.54, 1.807) is 19.1 Å². The Morgan fingerprint density at radius 1 is 1.47 bits per heavy atom.